The minimum atomic E-state index is -0.444. The summed E-state index contributed by atoms with van der Waals surface area (Å²) in [5.74, 6) is -0.703. The summed E-state index contributed by atoms with van der Waals surface area (Å²) in [6, 6.07) is 3.49. The van der Waals surface area contributed by atoms with E-state index in [9.17, 15) is 4.79 Å². The number of nitrogens with zero attached hydrogens (tertiary/aromatic N) is 2. The average Bonchev–Trinajstić information content (AvgIpc) is 2.69. The van der Waals surface area contributed by atoms with Crippen molar-refractivity contribution >= 4 is 34.4 Å². The van der Waals surface area contributed by atoms with Crippen LogP contribution >= 0.6 is 11.6 Å². The molecule has 0 aliphatic carbocycles. The number of fused-ring (bicyclic) bond motifs is 1. The van der Waals surface area contributed by atoms with E-state index < -0.39 is 5.91 Å². The third kappa shape index (κ3) is 2.36. The summed E-state index contributed by atoms with van der Waals surface area (Å²) in [5.41, 5.74) is 11.7. The normalized spacial score (nSPS) is 10.4. The Morgan fingerprint density at radius 2 is 2.24 bits per heavy atom. The summed E-state index contributed by atoms with van der Waals surface area (Å²) in [4.78, 5) is 15.0. The number of aromatic amines is 1. The van der Waals surface area contributed by atoms with Gasteiger partial charge in [-0.3, -0.25) is 9.89 Å². The first kappa shape index (κ1) is 11.4. The van der Waals surface area contributed by atoms with E-state index in [1.54, 1.807) is 18.3 Å². The van der Waals surface area contributed by atoms with E-state index in [-0.39, 0.29) is 12.4 Å². The maximum Gasteiger partial charge on any atom is 0.253 e. The largest absolute Gasteiger partial charge is 0.370 e. The molecule has 2 rings (SSSR count). The summed E-state index contributed by atoms with van der Waals surface area (Å²) in [7, 11) is 0. The van der Waals surface area contributed by atoms with Gasteiger partial charge in [0.25, 0.3) is 5.91 Å². The molecule has 17 heavy (non-hydrogen) atoms. The van der Waals surface area contributed by atoms with Gasteiger partial charge in [-0.1, -0.05) is 11.6 Å². The molecule has 0 aliphatic heterocycles. The number of amides is 1. The summed E-state index contributed by atoms with van der Waals surface area (Å²) in [6.07, 6.45) is 1.65. The number of carbonyl (C=O) groups excluding carboxylic acids is 1. The van der Waals surface area contributed by atoms with Crippen LogP contribution in [0.2, 0.25) is 5.02 Å². The Bertz CT molecular complexity index is 600. The van der Waals surface area contributed by atoms with Gasteiger partial charge in [-0.2, -0.15) is 10.1 Å². The zero-order valence-corrected chi connectivity index (χ0v) is 9.53. The van der Waals surface area contributed by atoms with Crippen molar-refractivity contribution in [3.63, 3.8) is 0 Å². The van der Waals surface area contributed by atoms with Crippen LogP contribution in [-0.4, -0.2) is 22.1 Å². The Balaban J connectivity index is 2.41. The van der Waals surface area contributed by atoms with E-state index >= 15 is 0 Å². The van der Waals surface area contributed by atoms with Gasteiger partial charge in [-0.05, 0) is 17.7 Å². The summed E-state index contributed by atoms with van der Waals surface area (Å²) < 4.78 is 0. The van der Waals surface area contributed by atoms with Crippen molar-refractivity contribution in [3.8, 4) is 0 Å². The van der Waals surface area contributed by atoms with Crippen LogP contribution in [0.1, 0.15) is 5.56 Å². The molecule has 0 saturated carbocycles. The molecule has 1 amide bonds. The van der Waals surface area contributed by atoms with Gasteiger partial charge in [-0.25, -0.2) is 0 Å². The number of rotatable bonds is 2. The van der Waals surface area contributed by atoms with Crippen LogP contribution in [0.15, 0.2) is 23.3 Å². The molecule has 0 spiro atoms. The fraction of sp³-hybridized carbons (Fsp3) is 0.100. The third-order valence-corrected chi connectivity index (χ3v) is 2.61. The zero-order valence-electron chi connectivity index (χ0n) is 8.77. The Morgan fingerprint density at radius 3 is 2.94 bits per heavy atom. The number of hydrogen-bond donors (Lipinski definition) is 3. The topological polar surface area (TPSA) is 110 Å². The molecule has 0 aliphatic rings. The number of aliphatic imine (C=N–C) groups is 1. The van der Waals surface area contributed by atoms with Gasteiger partial charge >= 0.3 is 0 Å². The number of nitrogens with one attached hydrogen (secondary N) is 1. The summed E-state index contributed by atoms with van der Waals surface area (Å²) >= 11 is 6.04. The van der Waals surface area contributed by atoms with Crippen LogP contribution in [0.4, 0.5) is 0 Å². The maximum atomic E-state index is 11.5. The van der Waals surface area contributed by atoms with Crippen LogP contribution in [0.3, 0.4) is 0 Å². The van der Waals surface area contributed by atoms with E-state index in [1.165, 1.54) is 0 Å². The van der Waals surface area contributed by atoms with Crippen LogP contribution in [-0.2, 0) is 11.2 Å². The van der Waals surface area contributed by atoms with Crippen LogP contribution < -0.4 is 11.5 Å². The molecule has 0 unspecified atom stereocenters. The lowest BCUT2D eigenvalue weighted by atomic mass is 10.1. The number of guanidine groups is 1. The fourth-order valence-corrected chi connectivity index (χ4v) is 1.80. The smallest absolute Gasteiger partial charge is 0.253 e. The molecule has 0 radical (unpaired) electrons. The number of nitrogens with two attached hydrogens (primary N) is 2. The number of hydrogen-bond acceptors (Lipinski definition) is 2. The van der Waals surface area contributed by atoms with Crippen LogP contribution in [0.5, 0.6) is 0 Å². The van der Waals surface area contributed by atoms with Gasteiger partial charge in [0.1, 0.15) is 0 Å². The molecular formula is C10H10ClN5O. The van der Waals surface area contributed by atoms with Crippen molar-refractivity contribution < 1.29 is 4.79 Å². The molecule has 1 heterocycles. The SMILES string of the molecule is NC(N)=NC(=O)Cc1c(Cl)ccc2[nH]ncc12. The molecule has 1 aromatic carbocycles. The number of halogens is 1. The van der Waals surface area contributed by atoms with E-state index in [0.717, 1.165) is 10.9 Å². The highest BCUT2D eigenvalue weighted by Gasteiger charge is 2.11. The second-order valence-corrected chi connectivity index (χ2v) is 3.87. The molecule has 0 fully saturated rings. The predicted molar refractivity (Wildman–Crippen MR) is 65.6 cm³/mol. The second-order valence-electron chi connectivity index (χ2n) is 3.46. The molecular weight excluding hydrogens is 242 g/mol. The van der Waals surface area contributed by atoms with E-state index in [0.29, 0.717) is 10.6 Å². The number of H-pyrrole nitrogens is 1. The van der Waals surface area contributed by atoms with E-state index in [2.05, 4.69) is 15.2 Å². The fourth-order valence-electron chi connectivity index (χ4n) is 1.56. The summed E-state index contributed by atoms with van der Waals surface area (Å²) in [6.45, 7) is 0. The number of carbonyl (C=O) groups is 1. The van der Waals surface area contributed by atoms with Crippen molar-refractivity contribution in [1.82, 2.24) is 10.2 Å². The van der Waals surface area contributed by atoms with Gasteiger partial charge in [0.15, 0.2) is 5.96 Å². The van der Waals surface area contributed by atoms with Crippen molar-refractivity contribution in [2.45, 2.75) is 6.42 Å². The predicted octanol–water partition coefficient (Wildman–Crippen LogP) is 0.559. The Hall–Kier alpha value is -2.08. The van der Waals surface area contributed by atoms with E-state index in [4.69, 9.17) is 23.1 Å². The van der Waals surface area contributed by atoms with Crippen molar-refractivity contribution in [1.29, 1.82) is 0 Å². The second kappa shape index (κ2) is 4.42. The zero-order chi connectivity index (χ0) is 12.4. The average molecular weight is 252 g/mol. The quantitative estimate of drug-likeness (QED) is 0.535. The van der Waals surface area contributed by atoms with Crippen molar-refractivity contribution in [2.24, 2.45) is 16.5 Å². The Morgan fingerprint density at radius 1 is 1.47 bits per heavy atom. The van der Waals surface area contributed by atoms with Gasteiger partial charge in [-0.15, -0.1) is 0 Å². The highest BCUT2D eigenvalue weighted by molar-refractivity contribution is 6.32. The highest BCUT2D eigenvalue weighted by Crippen LogP contribution is 2.25. The number of aromatic nitrogens is 2. The van der Waals surface area contributed by atoms with Gasteiger partial charge in [0, 0.05) is 10.4 Å². The van der Waals surface area contributed by atoms with Crippen LogP contribution in [0.25, 0.3) is 10.9 Å². The lowest BCUT2D eigenvalue weighted by Gasteiger charge is -2.03. The van der Waals surface area contributed by atoms with E-state index in [1.807, 2.05) is 0 Å². The standard InChI is InChI=1S/C10H10ClN5O/c11-7-1-2-8-6(4-14-16-8)5(7)3-9(17)15-10(12)13/h1-2,4H,3H2,(H,14,16)(H4,12,13,15,17). The van der Waals surface area contributed by atoms with Crippen molar-refractivity contribution in [2.75, 3.05) is 0 Å². The summed E-state index contributed by atoms with van der Waals surface area (Å²) in [5, 5.41) is 7.96. The Labute approximate surface area is 102 Å². The highest BCUT2D eigenvalue weighted by atomic mass is 35.5. The monoisotopic (exact) mass is 251 g/mol. The number of benzene rings is 1. The molecule has 7 heteroatoms. The molecule has 5 N–H and O–H groups in total. The molecule has 6 nitrogen and oxygen atoms in total. The lowest BCUT2D eigenvalue weighted by molar-refractivity contribution is -0.117. The lowest BCUT2D eigenvalue weighted by Crippen LogP contribution is -2.24. The Kier molecular flexibility index (Phi) is 2.97. The third-order valence-electron chi connectivity index (χ3n) is 2.26. The molecule has 1 aromatic heterocycles. The first-order chi connectivity index (χ1) is 8.08. The maximum absolute atomic E-state index is 11.5. The minimum Gasteiger partial charge on any atom is -0.370 e. The van der Waals surface area contributed by atoms with Gasteiger partial charge < -0.3 is 11.5 Å². The molecule has 2 aromatic rings. The first-order valence-corrected chi connectivity index (χ1v) is 5.18. The first-order valence-electron chi connectivity index (χ1n) is 4.81. The molecule has 0 bridgehead atoms. The molecule has 0 atom stereocenters. The van der Waals surface area contributed by atoms with Crippen molar-refractivity contribution in [3.05, 3.63) is 28.9 Å². The molecule has 0 saturated heterocycles. The molecule has 88 valence electrons. The van der Waals surface area contributed by atoms with Crippen LogP contribution in [0, 0.1) is 0 Å². The van der Waals surface area contributed by atoms with Gasteiger partial charge in [0.2, 0.25) is 0 Å². The van der Waals surface area contributed by atoms with Gasteiger partial charge in [0.05, 0.1) is 18.1 Å². The minimum absolute atomic E-state index is 0.0353.